The molecule has 0 N–H and O–H groups in total. The Kier molecular flexibility index (Phi) is 13.8. The largest absolute Gasteiger partial charge is 0.509 e. The van der Waals surface area contributed by atoms with Crippen LogP contribution in [-0.2, 0) is 42.7 Å². The maximum atomic E-state index is 7.09. The third kappa shape index (κ3) is 10.1. The smallest absolute Gasteiger partial charge is 0.135 e. The molecule has 2 aromatic heterocycles. The van der Waals surface area contributed by atoms with Gasteiger partial charge in [-0.3, -0.25) is 0 Å². The van der Waals surface area contributed by atoms with Crippen molar-refractivity contribution in [3.8, 4) is 28.4 Å². The van der Waals surface area contributed by atoms with Crippen LogP contribution in [0.5, 0.6) is 11.5 Å². The molecule has 0 saturated carbocycles. The van der Waals surface area contributed by atoms with Gasteiger partial charge >= 0.3 is 0 Å². The van der Waals surface area contributed by atoms with E-state index in [4.69, 9.17) is 9.72 Å². The van der Waals surface area contributed by atoms with Gasteiger partial charge in [0.05, 0.1) is 0 Å². The van der Waals surface area contributed by atoms with Gasteiger partial charge in [-0.2, -0.15) is 6.07 Å². The average molecular weight is 1150 g/mol. The van der Waals surface area contributed by atoms with E-state index in [-0.39, 0.29) is 48.1 Å². The molecule has 0 aliphatic carbocycles. The van der Waals surface area contributed by atoms with Gasteiger partial charge < -0.3 is 19.1 Å². The fourth-order valence-corrected chi connectivity index (χ4v) is 10.1. The van der Waals surface area contributed by atoms with Gasteiger partial charge in [0.2, 0.25) is 0 Å². The number of fused-ring (bicyclic) bond motifs is 3. The summed E-state index contributed by atoms with van der Waals surface area (Å²) in [4.78, 5) is 9.65. The van der Waals surface area contributed by atoms with Gasteiger partial charge in [-0.25, -0.2) is 4.98 Å². The minimum absolute atomic E-state index is 0. The van der Waals surface area contributed by atoms with Crippen LogP contribution in [0.3, 0.4) is 0 Å². The second kappa shape index (κ2) is 19.5. The number of hydrogen-bond donors (Lipinski definition) is 0. The van der Waals surface area contributed by atoms with Crippen molar-refractivity contribution >= 4 is 33.2 Å². The Morgan fingerprint density at radius 3 is 1.72 bits per heavy atom. The van der Waals surface area contributed by atoms with E-state index in [1.165, 1.54) is 38.9 Å². The second-order valence-corrected chi connectivity index (χ2v) is 24.0. The molecule has 9 aromatic rings. The first-order chi connectivity index (χ1) is 34.6. The molecular formula is C68H69N4OPt-3. The molecule has 0 bridgehead atoms. The summed E-state index contributed by atoms with van der Waals surface area (Å²) >= 11 is 0. The Labute approximate surface area is 455 Å². The molecule has 6 heteroatoms. The molecule has 10 rings (SSSR count). The van der Waals surface area contributed by atoms with E-state index < -0.39 is 0 Å². The topological polar surface area (TPSA) is 33.5 Å². The predicted molar refractivity (Wildman–Crippen MR) is 306 cm³/mol. The molecule has 1 aliphatic heterocycles. The van der Waals surface area contributed by atoms with E-state index in [1.54, 1.807) is 0 Å². The molecule has 0 unspecified atom stereocenters. The number of aromatic nitrogens is 2. The summed E-state index contributed by atoms with van der Waals surface area (Å²) in [6, 6.07) is 66.6. The summed E-state index contributed by atoms with van der Waals surface area (Å²) < 4.78 is 9.35. The number of pyridine rings is 1. The molecule has 0 radical (unpaired) electrons. The van der Waals surface area contributed by atoms with Crippen molar-refractivity contribution in [3.05, 3.63) is 234 Å². The van der Waals surface area contributed by atoms with Crippen molar-refractivity contribution < 1.29 is 25.8 Å². The van der Waals surface area contributed by atoms with Crippen LogP contribution in [0.4, 0.5) is 11.4 Å². The van der Waals surface area contributed by atoms with Crippen LogP contribution >= 0.6 is 0 Å². The van der Waals surface area contributed by atoms with Crippen molar-refractivity contribution in [3.63, 3.8) is 0 Å². The first kappa shape index (κ1) is 52.2. The maximum Gasteiger partial charge on any atom is 0.135 e. The Morgan fingerprint density at radius 1 is 0.473 bits per heavy atom. The summed E-state index contributed by atoms with van der Waals surface area (Å²) in [6.07, 6.45) is 4.23. The molecule has 0 fully saturated rings. The van der Waals surface area contributed by atoms with Crippen LogP contribution in [0.1, 0.15) is 123 Å². The van der Waals surface area contributed by atoms with E-state index in [0.29, 0.717) is 11.5 Å². The molecule has 3 heterocycles. The van der Waals surface area contributed by atoms with Gasteiger partial charge in [-0.1, -0.05) is 205 Å². The Balaban J connectivity index is 0.00000672. The van der Waals surface area contributed by atoms with Crippen molar-refractivity contribution in [1.82, 2.24) is 9.55 Å². The first-order valence-corrected chi connectivity index (χ1v) is 25.8. The standard InChI is InChI=1S/C68H69N4O.Pt/c1-64(2,3)50-29-32-60-59(40-50)58-31-30-56(43-61(58)72(60)63-41-51(33-34-69-63)67(10,11)48-25-19-15-20-26-48)73-57-39-53(68(12,13)49-27-21-16-22-28-49)38-55(42-57)71-45-70(44-62(71)66(7,8)9)54-36-47(46-23-17-14-18-24-46)35-52(37-54)65(4,5)6;/h14-41,44-45H,1-13H3;/q-3;. The number of rotatable bonds is 10. The van der Waals surface area contributed by atoms with Gasteiger partial charge in [-0.15, -0.1) is 53.6 Å². The second-order valence-electron chi connectivity index (χ2n) is 24.0. The zero-order valence-electron chi connectivity index (χ0n) is 45.3. The fourth-order valence-electron chi connectivity index (χ4n) is 10.1. The molecule has 74 heavy (non-hydrogen) atoms. The summed E-state index contributed by atoms with van der Waals surface area (Å²) in [7, 11) is 0. The van der Waals surface area contributed by atoms with Crippen LogP contribution in [-0.4, -0.2) is 9.55 Å². The molecule has 7 aromatic carbocycles. The molecular weight excluding hydrogens is 1080 g/mol. The van der Waals surface area contributed by atoms with E-state index in [2.05, 4.69) is 293 Å². The minimum Gasteiger partial charge on any atom is -0.509 e. The number of allylic oxidation sites excluding steroid dienone is 1. The van der Waals surface area contributed by atoms with Gasteiger partial charge in [-0.05, 0) is 97.1 Å². The third-order valence-electron chi connectivity index (χ3n) is 15.0. The minimum atomic E-state index is -0.380. The zero-order chi connectivity index (χ0) is 51.7. The molecule has 5 nitrogen and oxygen atoms in total. The summed E-state index contributed by atoms with van der Waals surface area (Å²) in [5.41, 5.74) is 13.8. The zero-order valence-corrected chi connectivity index (χ0v) is 47.6. The van der Waals surface area contributed by atoms with Crippen LogP contribution in [0, 0.1) is 24.2 Å². The number of benzene rings is 7. The fraction of sp³-hybridized carbons (Fsp3) is 0.265. The number of ether oxygens (including phenoxy) is 1. The molecule has 380 valence electrons. The SMILES string of the molecule is CC(C)(C)C1=CN(c2cc(-c3ccccc3)cc(C(C)(C)C)c2)[CH-]N1c1[c-]c(Oc2[c-]c3c(cc2)c2cc(C(C)(C)C)ccc2n3-c2cc(C(C)(C)c3ccccc3)ccn2)cc(C(C)(C)c2ccccc2)c1.[Pt]. The van der Waals surface area contributed by atoms with E-state index in [1.807, 2.05) is 6.20 Å². The van der Waals surface area contributed by atoms with Crippen molar-refractivity contribution in [1.29, 1.82) is 0 Å². The van der Waals surface area contributed by atoms with Crippen molar-refractivity contribution in [2.45, 2.75) is 112 Å². The maximum absolute atomic E-state index is 7.09. The number of anilines is 2. The number of hydrogen-bond acceptors (Lipinski definition) is 4. The summed E-state index contributed by atoms with van der Waals surface area (Å²) in [6.45, 7) is 31.8. The van der Waals surface area contributed by atoms with Gasteiger partial charge in [0.1, 0.15) is 5.82 Å². The monoisotopic (exact) mass is 1150 g/mol. The van der Waals surface area contributed by atoms with Crippen LogP contribution in [0.25, 0.3) is 38.8 Å². The van der Waals surface area contributed by atoms with Gasteiger partial charge in [0.25, 0.3) is 0 Å². The van der Waals surface area contributed by atoms with Gasteiger partial charge in [0, 0.05) is 66.5 Å². The van der Waals surface area contributed by atoms with Crippen molar-refractivity contribution in [2.75, 3.05) is 9.80 Å². The Morgan fingerprint density at radius 2 is 1.09 bits per heavy atom. The summed E-state index contributed by atoms with van der Waals surface area (Å²) in [5.74, 6) is 2.03. The molecule has 0 saturated heterocycles. The van der Waals surface area contributed by atoms with Crippen LogP contribution in [0.15, 0.2) is 182 Å². The molecule has 0 spiro atoms. The predicted octanol–water partition coefficient (Wildman–Crippen LogP) is 17.8. The summed E-state index contributed by atoms with van der Waals surface area (Å²) in [5, 5.41) is 2.24. The molecule has 0 atom stereocenters. The first-order valence-electron chi connectivity index (χ1n) is 25.8. The van der Waals surface area contributed by atoms with Crippen LogP contribution < -0.4 is 14.5 Å². The number of nitrogens with zero attached hydrogens (tertiary/aromatic N) is 4. The molecule has 0 amide bonds. The average Bonchev–Trinajstić information content (AvgIpc) is 3.97. The third-order valence-corrected chi connectivity index (χ3v) is 15.0. The molecule has 1 aliphatic rings. The normalized spacial score (nSPS) is 13.6. The quantitative estimate of drug-likeness (QED) is 0.128. The Bertz CT molecular complexity index is 3510. The van der Waals surface area contributed by atoms with Crippen LogP contribution in [0.2, 0.25) is 0 Å². The Hall–Kier alpha value is -6.68. The van der Waals surface area contributed by atoms with Gasteiger partial charge in [0.15, 0.2) is 0 Å². The van der Waals surface area contributed by atoms with E-state index >= 15 is 0 Å². The van der Waals surface area contributed by atoms with E-state index in [0.717, 1.165) is 50.3 Å². The van der Waals surface area contributed by atoms with Crippen molar-refractivity contribution in [2.24, 2.45) is 5.41 Å². The van der Waals surface area contributed by atoms with E-state index in [9.17, 15) is 0 Å².